The summed E-state index contributed by atoms with van der Waals surface area (Å²) in [7, 11) is 0. The molecule has 2 heteroatoms. The fourth-order valence-corrected chi connectivity index (χ4v) is 2.12. The van der Waals surface area contributed by atoms with Crippen molar-refractivity contribution in [2.45, 2.75) is 6.42 Å². The number of aromatic amines is 1. The van der Waals surface area contributed by atoms with Crippen molar-refractivity contribution in [1.82, 2.24) is 4.98 Å². The normalized spacial score (nSPS) is 10.2. The molecule has 3 rings (SSSR count). The Morgan fingerprint density at radius 3 is 2.78 bits per heavy atom. The Balaban J connectivity index is 2.19. The second-order valence-corrected chi connectivity index (χ2v) is 4.10. The van der Waals surface area contributed by atoms with Gasteiger partial charge in [0.15, 0.2) is 0 Å². The zero-order chi connectivity index (χ0) is 12.4. The van der Waals surface area contributed by atoms with Crippen LogP contribution in [-0.4, -0.2) is 11.3 Å². The van der Waals surface area contributed by atoms with E-state index in [1.807, 2.05) is 24.3 Å². The van der Waals surface area contributed by atoms with Crippen molar-refractivity contribution in [2.75, 3.05) is 0 Å². The topological polar surface area (TPSA) is 32.9 Å². The number of carbonyl (C=O) groups excluding carboxylic acids is 1. The number of aromatic nitrogens is 1. The fourth-order valence-electron chi connectivity index (χ4n) is 2.12. The molecule has 0 fully saturated rings. The van der Waals surface area contributed by atoms with E-state index in [-0.39, 0.29) is 6.42 Å². The molecule has 0 aliphatic carbocycles. The number of benzene rings is 2. The van der Waals surface area contributed by atoms with E-state index in [4.69, 9.17) is 0 Å². The maximum atomic E-state index is 10.2. The molecular formula is C16H11NO. The average Bonchev–Trinajstić information content (AvgIpc) is 2.77. The SMILES string of the molecule is O=CCC#Cc1ccc2[nH]c3ccccc3c2c1. The smallest absolute Gasteiger partial charge is 0.131 e. The lowest BCUT2D eigenvalue weighted by atomic mass is 10.1. The summed E-state index contributed by atoms with van der Waals surface area (Å²) in [6, 6.07) is 14.3. The van der Waals surface area contributed by atoms with Gasteiger partial charge in [-0.2, -0.15) is 0 Å². The lowest BCUT2D eigenvalue weighted by Gasteiger charge is -1.92. The van der Waals surface area contributed by atoms with E-state index in [0.717, 1.165) is 22.9 Å². The van der Waals surface area contributed by atoms with Crippen LogP contribution in [0.3, 0.4) is 0 Å². The summed E-state index contributed by atoms with van der Waals surface area (Å²) in [5, 5.41) is 2.37. The van der Waals surface area contributed by atoms with E-state index in [2.05, 4.69) is 35.0 Å². The fraction of sp³-hybridized carbons (Fsp3) is 0.0625. The first kappa shape index (κ1) is 10.6. The van der Waals surface area contributed by atoms with Gasteiger partial charge in [-0.1, -0.05) is 30.0 Å². The Morgan fingerprint density at radius 1 is 1.06 bits per heavy atom. The highest BCUT2D eigenvalue weighted by atomic mass is 16.1. The van der Waals surface area contributed by atoms with Crippen molar-refractivity contribution in [3.05, 3.63) is 48.0 Å². The minimum Gasteiger partial charge on any atom is -0.355 e. The van der Waals surface area contributed by atoms with Crippen LogP contribution in [0.4, 0.5) is 0 Å². The molecule has 0 saturated heterocycles. The number of H-pyrrole nitrogens is 1. The third-order valence-corrected chi connectivity index (χ3v) is 2.92. The minimum absolute atomic E-state index is 0.284. The molecule has 1 aromatic heterocycles. The number of fused-ring (bicyclic) bond motifs is 3. The maximum Gasteiger partial charge on any atom is 0.131 e. The van der Waals surface area contributed by atoms with Gasteiger partial charge in [-0.15, -0.1) is 0 Å². The van der Waals surface area contributed by atoms with Gasteiger partial charge in [0.05, 0.1) is 6.42 Å². The third kappa shape index (κ3) is 1.76. The summed E-state index contributed by atoms with van der Waals surface area (Å²) in [6.45, 7) is 0. The van der Waals surface area contributed by atoms with Gasteiger partial charge in [-0.05, 0) is 24.3 Å². The van der Waals surface area contributed by atoms with Crippen LogP contribution in [0.5, 0.6) is 0 Å². The molecule has 18 heavy (non-hydrogen) atoms. The minimum atomic E-state index is 0.284. The average molecular weight is 233 g/mol. The van der Waals surface area contributed by atoms with Gasteiger partial charge in [0.1, 0.15) is 6.29 Å². The van der Waals surface area contributed by atoms with Crippen molar-refractivity contribution >= 4 is 28.1 Å². The predicted octanol–water partition coefficient (Wildman–Crippen LogP) is 3.26. The number of para-hydroxylation sites is 1. The number of hydrogen-bond donors (Lipinski definition) is 1. The molecule has 1 heterocycles. The molecule has 0 radical (unpaired) electrons. The molecule has 0 spiro atoms. The summed E-state index contributed by atoms with van der Waals surface area (Å²) in [5.41, 5.74) is 3.18. The Hall–Kier alpha value is -2.53. The molecule has 0 aliphatic heterocycles. The number of nitrogens with one attached hydrogen (secondary N) is 1. The molecule has 0 unspecified atom stereocenters. The van der Waals surface area contributed by atoms with Gasteiger partial charge in [-0.3, -0.25) is 0 Å². The van der Waals surface area contributed by atoms with Gasteiger partial charge in [-0.25, -0.2) is 0 Å². The summed E-state index contributed by atoms with van der Waals surface area (Å²) in [5.74, 6) is 5.83. The molecule has 86 valence electrons. The molecule has 0 atom stereocenters. The molecule has 0 amide bonds. The van der Waals surface area contributed by atoms with E-state index in [0.29, 0.717) is 0 Å². The Kier molecular flexibility index (Phi) is 2.59. The number of aldehydes is 1. The summed E-state index contributed by atoms with van der Waals surface area (Å²) < 4.78 is 0. The first-order valence-electron chi connectivity index (χ1n) is 5.81. The van der Waals surface area contributed by atoms with Crippen LogP contribution in [0.25, 0.3) is 21.8 Å². The number of carbonyl (C=O) groups is 1. The molecular weight excluding hydrogens is 222 g/mol. The largest absolute Gasteiger partial charge is 0.355 e. The highest BCUT2D eigenvalue weighted by molar-refractivity contribution is 6.07. The summed E-state index contributed by atoms with van der Waals surface area (Å²) in [4.78, 5) is 13.6. The van der Waals surface area contributed by atoms with Crippen molar-refractivity contribution in [1.29, 1.82) is 0 Å². The van der Waals surface area contributed by atoms with Crippen LogP contribution in [0, 0.1) is 11.8 Å². The first-order valence-corrected chi connectivity index (χ1v) is 5.81. The Morgan fingerprint density at radius 2 is 1.89 bits per heavy atom. The second kappa shape index (κ2) is 4.38. The molecule has 3 aromatic rings. The van der Waals surface area contributed by atoms with Crippen LogP contribution >= 0.6 is 0 Å². The summed E-state index contributed by atoms with van der Waals surface area (Å²) >= 11 is 0. The van der Waals surface area contributed by atoms with Gasteiger partial charge in [0.25, 0.3) is 0 Å². The van der Waals surface area contributed by atoms with Gasteiger partial charge in [0.2, 0.25) is 0 Å². The van der Waals surface area contributed by atoms with Gasteiger partial charge < -0.3 is 9.78 Å². The van der Waals surface area contributed by atoms with E-state index < -0.39 is 0 Å². The van der Waals surface area contributed by atoms with Crippen molar-refractivity contribution in [3.8, 4) is 11.8 Å². The van der Waals surface area contributed by atoms with E-state index in [9.17, 15) is 4.79 Å². The molecule has 0 saturated carbocycles. The number of hydrogen-bond acceptors (Lipinski definition) is 1. The molecule has 0 aliphatic rings. The molecule has 1 N–H and O–H groups in total. The van der Waals surface area contributed by atoms with Crippen molar-refractivity contribution in [3.63, 3.8) is 0 Å². The van der Waals surface area contributed by atoms with Crippen LogP contribution < -0.4 is 0 Å². The third-order valence-electron chi connectivity index (χ3n) is 2.92. The number of rotatable bonds is 1. The Labute approximate surface area is 105 Å². The lowest BCUT2D eigenvalue weighted by Crippen LogP contribution is -1.75. The zero-order valence-corrected chi connectivity index (χ0v) is 9.73. The van der Waals surface area contributed by atoms with E-state index in [1.165, 1.54) is 10.8 Å². The zero-order valence-electron chi connectivity index (χ0n) is 9.73. The molecule has 2 aromatic carbocycles. The van der Waals surface area contributed by atoms with Crippen molar-refractivity contribution < 1.29 is 4.79 Å². The second-order valence-electron chi connectivity index (χ2n) is 4.10. The van der Waals surface area contributed by atoms with Gasteiger partial charge >= 0.3 is 0 Å². The van der Waals surface area contributed by atoms with Crippen LogP contribution in [-0.2, 0) is 4.79 Å². The monoisotopic (exact) mass is 233 g/mol. The highest BCUT2D eigenvalue weighted by Crippen LogP contribution is 2.25. The van der Waals surface area contributed by atoms with Crippen LogP contribution in [0.15, 0.2) is 42.5 Å². The maximum absolute atomic E-state index is 10.2. The van der Waals surface area contributed by atoms with Crippen LogP contribution in [0.2, 0.25) is 0 Å². The van der Waals surface area contributed by atoms with Crippen LogP contribution in [0.1, 0.15) is 12.0 Å². The van der Waals surface area contributed by atoms with E-state index >= 15 is 0 Å². The quantitative estimate of drug-likeness (QED) is 0.508. The Bertz CT molecular complexity index is 787. The highest BCUT2D eigenvalue weighted by Gasteiger charge is 2.03. The predicted molar refractivity (Wildman–Crippen MR) is 73.4 cm³/mol. The van der Waals surface area contributed by atoms with Gasteiger partial charge in [0, 0.05) is 27.4 Å². The van der Waals surface area contributed by atoms with E-state index in [1.54, 1.807) is 0 Å². The van der Waals surface area contributed by atoms with Crippen molar-refractivity contribution in [2.24, 2.45) is 0 Å². The lowest BCUT2D eigenvalue weighted by molar-refractivity contribution is -0.107. The molecule has 0 bridgehead atoms. The standard InChI is InChI=1S/C16H11NO/c18-10-4-3-5-12-8-9-16-14(11-12)13-6-1-2-7-15(13)17-16/h1-2,6-11,17H,4H2. The first-order chi connectivity index (χ1) is 8.88. The summed E-state index contributed by atoms with van der Waals surface area (Å²) in [6.07, 6.45) is 1.10. The molecule has 2 nitrogen and oxygen atoms in total.